The Bertz CT molecular complexity index is 176. The molecule has 2 heterocycles. The van der Waals surface area contributed by atoms with Crippen molar-refractivity contribution >= 4 is 11.3 Å². The summed E-state index contributed by atoms with van der Waals surface area (Å²) >= 11 is 1.64. The van der Waals surface area contributed by atoms with Gasteiger partial charge in [0.1, 0.15) is 6.61 Å². The molecule has 0 fully saturated rings. The van der Waals surface area contributed by atoms with Crippen LogP contribution in [0.25, 0.3) is 0 Å². The van der Waals surface area contributed by atoms with E-state index in [4.69, 9.17) is 4.89 Å². The van der Waals surface area contributed by atoms with E-state index >= 15 is 0 Å². The van der Waals surface area contributed by atoms with Crippen molar-refractivity contribution in [3.05, 3.63) is 16.3 Å². The van der Waals surface area contributed by atoms with Crippen LogP contribution in [0.15, 0.2) is 10.8 Å². The van der Waals surface area contributed by atoms with Crippen LogP contribution in [-0.2, 0) is 11.5 Å². The van der Waals surface area contributed by atoms with E-state index in [0.717, 1.165) is 11.3 Å². The maximum atomic E-state index is 4.75. The first-order valence-corrected chi connectivity index (χ1v) is 3.25. The first-order chi connectivity index (χ1) is 3.97. The van der Waals surface area contributed by atoms with E-state index in [0.29, 0.717) is 6.61 Å². The van der Waals surface area contributed by atoms with E-state index < -0.39 is 0 Å². The van der Waals surface area contributed by atoms with E-state index in [1.807, 2.05) is 10.8 Å². The molecule has 0 N–H and O–H groups in total. The predicted molar refractivity (Wildman–Crippen MR) is 29.7 cm³/mol. The van der Waals surface area contributed by atoms with Gasteiger partial charge in [0, 0.05) is 16.3 Å². The average Bonchev–Trinajstić information content (AvgIpc) is 2.15. The van der Waals surface area contributed by atoms with Gasteiger partial charge in [0.2, 0.25) is 0 Å². The quantitative estimate of drug-likeness (QED) is 0.494. The van der Waals surface area contributed by atoms with Gasteiger partial charge in [0.25, 0.3) is 0 Å². The summed E-state index contributed by atoms with van der Waals surface area (Å²) in [6.07, 6.45) is 0. The molecule has 8 heavy (non-hydrogen) atoms. The van der Waals surface area contributed by atoms with Gasteiger partial charge in [-0.25, -0.2) is 0 Å². The SMILES string of the molecule is c1scc2c1COO2. The Morgan fingerprint density at radius 2 is 2.50 bits per heavy atom. The second-order valence-electron chi connectivity index (χ2n) is 1.61. The van der Waals surface area contributed by atoms with Crippen molar-refractivity contribution in [3.8, 4) is 5.75 Å². The molecule has 1 aromatic heterocycles. The molecule has 0 amide bonds. The number of hydrogen-bond acceptors (Lipinski definition) is 3. The molecule has 3 heteroatoms. The third-order valence-electron chi connectivity index (χ3n) is 1.07. The standard InChI is InChI=1S/C5H4O2S/c1-4-2-8-3-5(4)7-6-1/h2-3H,1H2. The number of fused-ring (bicyclic) bond motifs is 1. The van der Waals surface area contributed by atoms with Crippen LogP contribution < -0.4 is 4.89 Å². The highest BCUT2D eigenvalue weighted by molar-refractivity contribution is 7.08. The lowest BCUT2D eigenvalue weighted by Gasteiger charge is -1.85. The first-order valence-electron chi connectivity index (χ1n) is 2.31. The van der Waals surface area contributed by atoms with Crippen molar-refractivity contribution in [1.82, 2.24) is 0 Å². The van der Waals surface area contributed by atoms with Crippen molar-refractivity contribution in [2.75, 3.05) is 0 Å². The predicted octanol–water partition coefficient (Wildman–Crippen LogP) is 1.57. The zero-order valence-corrected chi connectivity index (χ0v) is 4.90. The van der Waals surface area contributed by atoms with Gasteiger partial charge in [0.15, 0.2) is 5.75 Å². The fourth-order valence-electron chi connectivity index (χ4n) is 0.646. The summed E-state index contributed by atoms with van der Waals surface area (Å²) in [4.78, 5) is 9.41. The van der Waals surface area contributed by atoms with Crippen LogP contribution in [0.5, 0.6) is 5.75 Å². The van der Waals surface area contributed by atoms with Gasteiger partial charge in [-0.1, -0.05) is 0 Å². The van der Waals surface area contributed by atoms with E-state index in [2.05, 4.69) is 4.89 Å². The normalized spacial score (nSPS) is 15.5. The van der Waals surface area contributed by atoms with Crippen LogP contribution in [-0.4, -0.2) is 0 Å². The lowest BCUT2D eigenvalue weighted by molar-refractivity contribution is -0.194. The smallest absolute Gasteiger partial charge is 0.181 e. The van der Waals surface area contributed by atoms with Crippen LogP contribution in [0.3, 0.4) is 0 Å². The lowest BCUT2D eigenvalue weighted by atomic mass is 10.3. The summed E-state index contributed by atoms with van der Waals surface area (Å²) in [6.45, 7) is 0.610. The Morgan fingerprint density at radius 3 is 3.38 bits per heavy atom. The van der Waals surface area contributed by atoms with Crippen molar-refractivity contribution in [2.24, 2.45) is 0 Å². The highest BCUT2D eigenvalue weighted by Crippen LogP contribution is 2.28. The molecule has 0 saturated carbocycles. The maximum absolute atomic E-state index is 4.75. The third kappa shape index (κ3) is 0.454. The maximum Gasteiger partial charge on any atom is 0.181 e. The molecule has 0 aliphatic carbocycles. The van der Waals surface area contributed by atoms with Crippen LogP contribution >= 0.6 is 11.3 Å². The van der Waals surface area contributed by atoms with Crippen LogP contribution in [0.4, 0.5) is 0 Å². The Balaban J connectivity index is 2.54. The van der Waals surface area contributed by atoms with E-state index in [1.54, 1.807) is 11.3 Å². The second-order valence-corrected chi connectivity index (χ2v) is 2.35. The largest absolute Gasteiger partial charge is 0.336 e. The summed E-state index contributed by atoms with van der Waals surface area (Å²) in [6, 6.07) is 0. The molecule has 0 saturated heterocycles. The molecule has 42 valence electrons. The molecule has 1 aliphatic rings. The molecule has 0 atom stereocenters. The number of thiophene rings is 1. The molecule has 2 nitrogen and oxygen atoms in total. The molecule has 0 bridgehead atoms. The number of hydrogen-bond donors (Lipinski definition) is 0. The summed E-state index contributed by atoms with van der Waals surface area (Å²) in [7, 11) is 0. The minimum atomic E-state index is 0.610. The average molecular weight is 128 g/mol. The van der Waals surface area contributed by atoms with Crippen molar-refractivity contribution in [2.45, 2.75) is 6.61 Å². The van der Waals surface area contributed by atoms with Crippen LogP contribution in [0, 0.1) is 0 Å². The summed E-state index contributed by atoms with van der Waals surface area (Å²) in [5, 5.41) is 3.96. The fraction of sp³-hybridized carbons (Fsp3) is 0.200. The Labute approximate surface area is 50.6 Å². The topological polar surface area (TPSA) is 18.5 Å². The highest BCUT2D eigenvalue weighted by Gasteiger charge is 2.12. The minimum Gasteiger partial charge on any atom is -0.336 e. The van der Waals surface area contributed by atoms with Gasteiger partial charge in [-0.05, 0) is 0 Å². The Morgan fingerprint density at radius 1 is 1.50 bits per heavy atom. The van der Waals surface area contributed by atoms with Crippen LogP contribution in [0.1, 0.15) is 5.56 Å². The van der Waals surface area contributed by atoms with E-state index in [-0.39, 0.29) is 0 Å². The molecular weight excluding hydrogens is 124 g/mol. The monoisotopic (exact) mass is 128 g/mol. The van der Waals surface area contributed by atoms with E-state index in [1.165, 1.54) is 0 Å². The first kappa shape index (κ1) is 4.35. The van der Waals surface area contributed by atoms with Gasteiger partial charge in [-0.15, -0.1) is 11.3 Å². The zero-order chi connectivity index (χ0) is 5.40. The molecule has 2 rings (SSSR count). The van der Waals surface area contributed by atoms with Gasteiger partial charge < -0.3 is 4.89 Å². The van der Waals surface area contributed by atoms with Gasteiger partial charge in [0.05, 0.1) is 0 Å². The molecule has 0 unspecified atom stereocenters. The van der Waals surface area contributed by atoms with Gasteiger partial charge in [-0.3, -0.25) is 0 Å². The molecule has 1 aromatic rings. The van der Waals surface area contributed by atoms with Crippen molar-refractivity contribution in [3.63, 3.8) is 0 Å². The second kappa shape index (κ2) is 1.47. The summed E-state index contributed by atoms with van der Waals surface area (Å²) in [5.74, 6) is 0.884. The van der Waals surface area contributed by atoms with Crippen molar-refractivity contribution in [1.29, 1.82) is 0 Å². The Kier molecular flexibility index (Phi) is 0.797. The third-order valence-corrected chi connectivity index (χ3v) is 1.84. The Hall–Kier alpha value is -0.540. The molecule has 1 aliphatic heterocycles. The summed E-state index contributed by atoms with van der Waals surface area (Å²) in [5.41, 5.74) is 1.16. The number of rotatable bonds is 0. The van der Waals surface area contributed by atoms with Crippen LogP contribution in [0.2, 0.25) is 0 Å². The molecule has 0 radical (unpaired) electrons. The molecular formula is C5H4O2S. The highest BCUT2D eigenvalue weighted by atomic mass is 32.1. The van der Waals surface area contributed by atoms with E-state index in [9.17, 15) is 0 Å². The fourth-order valence-corrected chi connectivity index (χ4v) is 1.38. The summed E-state index contributed by atoms with van der Waals surface area (Å²) < 4.78 is 0. The van der Waals surface area contributed by atoms with Gasteiger partial charge in [-0.2, -0.15) is 4.89 Å². The lowest BCUT2D eigenvalue weighted by Crippen LogP contribution is -1.81. The minimum absolute atomic E-state index is 0.610. The molecule has 0 spiro atoms. The molecule has 0 aromatic carbocycles. The van der Waals surface area contributed by atoms with Crippen molar-refractivity contribution < 1.29 is 9.78 Å². The van der Waals surface area contributed by atoms with Gasteiger partial charge >= 0.3 is 0 Å². The zero-order valence-electron chi connectivity index (χ0n) is 4.09.